The van der Waals surface area contributed by atoms with Crippen molar-refractivity contribution < 1.29 is 19.4 Å². The van der Waals surface area contributed by atoms with Gasteiger partial charge in [0.25, 0.3) is 0 Å². The molecule has 4 nitrogen and oxygen atoms in total. The van der Waals surface area contributed by atoms with Crippen molar-refractivity contribution in [3.63, 3.8) is 0 Å². The number of hydrogen-bond acceptors (Lipinski definition) is 3. The summed E-state index contributed by atoms with van der Waals surface area (Å²) in [7, 11) is 0. The monoisotopic (exact) mass is 250 g/mol. The molecule has 98 valence electrons. The summed E-state index contributed by atoms with van der Waals surface area (Å²) in [6.45, 7) is 2.10. The van der Waals surface area contributed by atoms with Gasteiger partial charge in [-0.1, -0.05) is 38.3 Å². The molecule has 1 aromatic carbocycles. The smallest absolute Gasteiger partial charge is 0.339 e. The molecular weight excluding hydrogens is 232 g/mol. The maximum absolute atomic E-state index is 11.5. The maximum atomic E-state index is 11.5. The van der Waals surface area contributed by atoms with Crippen molar-refractivity contribution >= 4 is 11.9 Å². The molecule has 4 heteroatoms. The third kappa shape index (κ3) is 4.57. The van der Waals surface area contributed by atoms with Gasteiger partial charge in [0.2, 0.25) is 0 Å². The van der Waals surface area contributed by atoms with Crippen molar-refractivity contribution in [2.24, 2.45) is 0 Å². The van der Waals surface area contributed by atoms with Crippen molar-refractivity contribution in [2.45, 2.75) is 39.0 Å². The standard InChI is InChI=1S/C14H18O4/c1-2-3-4-5-10-13(15)18-12-9-7-6-8-11(12)14(16)17/h6-9H,2-5,10H2,1H3,(H,16,17). The van der Waals surface area contributed by atoms with E-state index in [1.54, 1.807) is 12.1 Å². The lowest BCUT2D eigenvalue weighted by Gasteiger charge is -2.06. The van der Waals surface area contributed by atoms with E-state index in [1.807, 2.05) is 0 Å². The van der Waals surface area contributed by atoms with Crippen LogP contribution in [0.3, 0.4) is 0 Å². The second-order valence-corrected chi connectivity index (χ2v) is 4.09. The molecule has 0 saturated heterocycles. The molecule has 1 rings (SSSR count). The number of para-hydroxylation sites is 1. The molecule has 0 atom stereocenters. The highest BCUT2D eigenvalue weighted by Crippen LogP contribution is 2.18. The average molecular weight is 250 g/mol. The van der Waals surface area contributed by atoms with Gasteiger partial charge in [0.05, 0.1) is 0 Å². The topological polar surface area (TPSA) is 63.6 Å². The summed E-state index contributed by atoms with van der Waals surface area (Å²) in [5, 5.41) is 8.93. The van der Waals surface area contributed by atoms with Crippen molar-refractivity contribution in [2.75, 3.05) is 0 Å². The fraction of sp³-hybridized carbons (Fsp3) is 0.429. The van der Waals surface area contributed by atoms with Crippen LogP contribution in [0.4, 0.5) is 0 Å². The number of ether oxygens (including phenoxy) is 1. The highest BCUT2D eigenvalue weighted by atomic mass is 16.5. The summed E-state index contributed by atoms with van der Waals surface area (Å²) in [5.74, 6) is -1.35. The summed E-state index contributed by atoms with van der Waals surface area (Å²) in [6.07, 6.45) is 4.30. The van der Waals surface area contributed by atoms with Gasteiger partial charge in [0, 0.05) is 6.42 Å². The van der Waals surface area contributed by atoms with Crippen molar-refractivity contribution in [3.8, 4) is 5.75 Å². The molecule has 0 unspecified atom stereocenters. The van der Waals surface area contributed by atoms with Crippen LogP contribution >= 0.6 is 0 Å². The van der Waals surface area contributed by atoms with Crippen LogP contribution in [-0.4, -0.2) is 17.0 Å². The molecule has 0 bridgehead atoms. The van der Waals surface area contributed by atoms with Crippen molar-refractivity contribution in [1.29, 1.82) is 0 Å². The lowest BCUT2D eigenvalue weighted by molar-refractivity contribution is -0.134. The minimum absolute atomic E-state index is 0.0133. The number of aromatic carboxylic acids is 1. The summed E-state index contributed by atoms with van der Waals surface area (Å²) in [5.41, 5.74) is 0.0133. The molecule has 0 fully saturated rings. The molecule has 0 aliphatic rings. The summed E-state index contributed by atoms with van der Waals surface area (Å²) in [4.78, 5) is 22.4. The fourth-order valence-electron chi connectivity index (χ4n) is 1.60. The predicted molar refractivity (Wildman–Crippen MR) is 67.8 cm³/mol. The van der Waals surface area contributed by atoms with Crippen LogP contribution in [0.5, 0.6) is 5.75 Å². The number of carboxylic acid groups (broad SMARTS) is 1. The van der Waals surface area contributed by atoms with E-state index in [-0.39, 0.29) is 17.3 Å². The van der Waals surface area contributed by atoms with E-state index in [0.717, 1.165) is 25.7 Å². The van der Waals surface area contributed by atoms with Gasteiger partial charge in [-0.05, 0) is 18.6 Å². The zero-order chi connectivity index (χ0) is 13.4. The Balaban J connectivity index is 2.51. The first-order valence-electron chi connectivity index (χ1n) is 6.18. The summed E-state index contributed by atoms with van der Waals surface area (Å²) in [6, 6.07) is 6.16. The molecule has 0 amide bonds. The van der Waals surface area contributed by atoms with Gasteiger partial charge in [-0.3, -0.25) is 4.79 Å². The number of unbranched alkanes of at least 4 members (excludes halogenated alkanes) is 3. The Labute approximate surface area is 107 Å². The molecular formula is C14H18O4. The quantitative estimate of drug-likeness (QED) is 0.458. The lowest BCUT2D eigenvalue weighted by Crippen LogP contribution is -2.10. The van der Waals surface area contributed by atoms with Crippen molar-refractivity contribution in [1.82, 2.24) is 0 Å². The highest BCUT2D eigenvalue weighted by Gasteiger charge is 2.13. The van der Waals surface area contributed by atoms with E-state index in [2.05, 4.69) is 6.92 Å². The van der Waals surface area contributed by atoms with Gasteiger partial charge >= 0.3 is 11.9 Å². The molecule has 1 N–H and O–H groups in total. The van der Waals surface area contributed by atoms with E-state index in [1.165, 1.54) is 12.1 Å². The molecule has 0 spiro atoms. The van der Waals surface area contributed by atoms with Crippen LogP contribution in [-0.2, 0) is 4.79 Å². The summed E-state index contributed by atoms with van der Waals surface area (Å²) < 4.78 is 5.07. The van der Waals surface area contributed by atoms with Crippen LogP contribution in [0, 0.1) is 0 Å². The normalized spacial score (nSPS) is 10.1. The number of hydrogen-bond donors (Lipinski definition) is 1. The minimum atomic E-state index is -1.09. The van der Waals surface area contributed by atoms with E-state index in [4.69, 9.17) is 9.84 Å². The highest BCUT2D eigenvalue weighted by molar-refractivity contribution is 5.91. The molecule has 0 aliphatic heterocycles. The predicted octanol–water partition coefficient (Wildman–Crippen LogP) is 3.26. The SMILES string of the molecule is CCCCCCC(=O)Oc1ccccc1C(=O)O. The first-order chi connectivity index (χ1) is 8.65. The van der Waals surface area contributed by atoms with E-state index < -0.39 is 5.97 Å². The zero-order valence-corrected chi connectivity index (χ0v) is 10.5. The third-order valence-corrected chi connectivity index (χ3v) is 2.58. The molecule has 18 heavy (non-hydrogen) atoms. The van der Waals surface area contributed by atoms with Gasteiger partial charge in [-0.15, -0.1) is 0 Å². The molecule has 0 saturated carbocycles. The lowest BCUT2D eigenvalue weighted by atomic mass is 10.1. The maximum Gasteiger partial charge on any atom is 0.339 e. The number of carboxylic acids is 1. The average Bonchev–Trinajstić information content (AvgIpc) is 2.35. The zero-order valence-electron chi connectivity index (χ0n) is 10.5. The van der Waals surface area contributed by atoms with Gasteiger partial charge in [0.1, 0.15) is 11.3 Å². The van der Waals surface area contributed by atoms with Crippen LogP contribution < -0.4 is 4.74 Å². The minimum Gasteiger partial charge on any atom is -0.478 e. The number of esters is 1. The van der Waals surface area contributed by atoms with E-state index >= 15 is 0 Å². The number of benzene rings is 1. The number of rotatable bonds is 7. The largest absolute Gasteiger partial charge is 0.478 e. The second-order valence-electron chi connectivity index (χ2n) is 4.09. The second kappa shape index (κ2) is 7.48. The Kier molecular flexibility index (Phi) is 5.91. The molecule has 0 heterocycles. The molecule has 0 aromatic heterocycles. The first-order valence-corrected chi connectivity index (χ1v) is 6.18. The number of carbonyl (C=O) groups excluding carboxylic acids is 1. The van der Waals surface area contributed by atoms with Crippen LogP contribution in [0.2, 0.25) is 0 Å². The molecule has 0 radical (unpaired) electrons. The molecule has 1 aromatic rings. The Morgan fingerprint density at radius 2 is 1.89 bits per heavy atom. The van der Waals surface area contributed by atoms with Gasteiger partial charge < -0.3 is 9.84 Å². The van der Waals surface area contributed by atoms with Gasteiger partial charge in [-0.25, -0.2) is 4.79 Å². The van der Waals surface area contributed by atoms with Gasteiger partial charge in [-0.2, -0.15) is 0 Å². The third-order valence-electron chi connectivity index (χ3n) is 2.58. The van der Waals surface area contributed by atoms with E-state index in [9.17, 15) is 9.59 Å². The first kappa shape index (κ1) is 14.2. The summed E-state index contributed by atoms with van der Waals surface area (Å²) >= 11 is 0. The fourth-order valence-corrected chi connectivity index (χ4v) is 1.60. The van der Waals surface area contributed by atoms with Crippen LogP contribution in [0.15, 0.2) is 24.3 Å². The Morgan fingerprint density at radius 3 is 2.56 bits per heavy atom. The Morgan fingerprint density at radius 1 is 1.17 bits per heavy atom. The van der Waals surface area contributed by atoms with Crippen LogP contribution in [0.25, 0.3) is 0 Å². The van der Waals surface area contributed by atoms with Crippen molar-refractivity contribution in [3.05, 3.63) is 29.8 Å². The Hall–Kier alpha value is -1.84. The number of carbonyl (C=O) groups is 2. The van der Waals surface area contributed by atoms with Crippen LogP contribution in [0.1, 0.15) is 49.4 Å². The van der Waals surface area contributed by atoms with E-state index in [0.29, 0.717) is 6.42 Å². The molecule has 0 aliphatic carbocycles. The van der Waals surface area contributed by atoms with Gasteiger partial charge in [0.15, 0.2) is 0 Å². The Bertz CT molecular complexity index is 412.